The normalized spacial score (nSPS) is 15.1. The minimum absolute atomic E-state index is 0.0684. The molecule has 11 heteroatoms. The molecule has 29 heavy (non-hydrogen) atoms. The van der Waals surface area contributed by atoms with Gasteiger partial charge in [-0.1, -0.05) is 13.8 Å². The van der Waals surface area contributed by atoms with Crippen molar-refractivity contribution < 1.29 is 24.3 Å². The summed E-state index contributed by atoms with van der Waals surface area (Å²) in [6.07, 6.45) is 3.56. The quantitative estimate of drug-likeness (QED) is 0.268. The van der Waals surface area contributed by atoms with E-state index in [0.29, 0.717) is 12.1 Å². The second-order valence-electron chi connectivity index (χ2n) is 7.38. The molecule has 0 spiro atoms. The molecule has 1 heterocycles. The molecular formula is C18H30N6O5. The lowest BCUT2D eigenvalue weighted by atomic mass is 10.0. The number of amides is 3. The number of carboxylic acids is 1. The number of H-pyrrole nitrogens is 1. The zero-order valence-corrected chi connectivity index (χ0v) is 17.1. The lowest BCUT2D eigenvalue weighted by molar-refractivity contribution is -0.141. The minimum atomic E-state index is -1.18. The number of hydrogen-bond acceptors (Lipinski definition) is 6. The van der Waals surface area contributed by atoms with Crippen LogP contribution in [0.5, 0.6) is 0 Å². The van der Waals surface area contributed by atoms with Crippen LogP contribution in [0.4, 0.5) is 0 Å². The summed E-state index contributed by atoms with van der Waals surface area (Å²) in [5, 5.41) is 16.4. The fourth-order valence-electron chi connectivity index (χ4n) is 2.49. The van der Waals surface area contributed by atoms with E-state index in [2.05, 4.69) is 25.9 Å². The second kappa shape index (κ2) is 11.1. The number of aliphatic carboxylic acids is 1. The van der Waals surface area contributed by atoms with E-state index in [0.717, 1.165) is 0 Å². The molecule has 1 aromatic rings. The van der Waals surface area contributed by atoms with E-state index in [1.807, 2.05) is 13.8 Å². The first-order valence-electron chi connectivity index (χ1n) is 9.38. The van der Waals surface area contributed by atoms with Gasteiger partial charge in [-0.15, -0.1) is 0 Å². The third kappa shape index (κ3) is 8.30. The Labute approximate surface area is 169 Å². The van der Waals surface area contributed by atoms with Crippen molar-refractivity contribution in [1.82, 2.24) is 25.9 Å². The molecule has 0 bridgehead atoms. The van der Waals surface area contributed by atoms with Crippen LogP contribution in [0, 0.1) is 5.92 Å². The maximum Gasteiger partial charge on any atom is 0.325 e. The first kappa shape index (κ1) is 24.1. The van der Waals surface area contributed by atoms with Gasteiger partial charge in [-0.25, -0.2) is 4.98 Å². The van der Waals surface area contributed by atoms with Gasteiger partial charge in [-0.05, 0) is 26.2 Å². The van der Waals surface area contributed by atoms with Crippen molar-refractivity contribution in [2.75, 3.05) is 0 Å². The number of hydrogen-bond donors (Lipinski definition) is 6. The number of nitrogens with zero attached hydrogens (tertiary/aromatic N) is 1. The van der Waals surface area contributed by atoms with E-state index in [1.165, 1.54) is 20.2 Å². The van der Waals surface area contributed by atoms with Crippen molar-refractivity contribution in [2.45, 2.75) is 64.7 Å². The summed E-state index contributed by atoms with van der Waals surface area (Å²) in [7, 11) is 0. The molecule has 0 saturated heterocycles. The van der Waals surface area contributed by atoms with Crippen molar-refractivity contribution >= 4 is 23.7 Å². The van der Waals surface area contributed by atoms with Crippen LogP contribution in [-0.2, 0) is 25.6 Å². The highest BCUT2D eigenvalue weighted by Gasteiger charge is 2.28. The summed E-state index contributed by atoms with van der Waals surface area (Å²) in [6.45, 7) is 6.54. The predicted octanol–water partition coefficient (Wildman–Crippen LogP) is -1.10. The first-order valence-corrected chi connectivity index (χ1v) is 9.38. The van der Waals surface area contributed by atoms with E-state index in [-0.39, 0.29) is 12.3 Å². The highest BCUT2D eigenvalue weighted by molar-refractivity contribution is 5.93. The molecule has 3 amide bonds. The second-order valence-corrected chi connectivity index (χ2v) is 7.38. The molecule has 4 unspecified atom stereocenters. The highest BCUT2D eigenvalue weighted by Crippen LogP contribution is 2.06. The summed E-state index contributed by atoms with van der Waals surface area (Å²) >= 11 is 0. The standard InChI is InChI=1S/C18H30N6O5/c1-9(2)5-14(17(27)23-11(4)18(28)29)24-15(25)10(3)22-16(26)13(19)6-12-7-20-8-21-12/h7-11,13-14H,5-6,19H2,1-4H3,(H,20,21)(H,22,26)(H,23,27)(H,24,25)(H,28,29). The minimum Gasteiger partial charge on any atom is -0.480 e. The first-order chi connectivity index (χ1) is 13.5. The lowest BCUT2D eigenvalue weighted by Gasteiger charge is -2.24. The topological polar surface area (TPSA) is 179 Å². The average molecular weight is 410 g/mol. The summed E-state index contributed by atoms with van der Waals surface area (Å²) in [5.74, 6) is -2.81. The Hall–Kier alpha value is -2.95. The van der Waals surface area contributed by atoms with Crippen LogP contribution in [-0.4, -0.2) is 62.9 Å². The van der Waals surface area contributed by atoms with E-state index >= 15 is 0 Å². The Balaban J connectivity index is 2.65. The van der Waals surface area contributed by atoms with Gasteiger partial charge in [0, 0.05) is 18.3 Å². The van der Waals surface area contributed by atoms with Gasteiger partial charge in [-0.3, -0.25) is 19.2 Å². The Bertz CT molecular complexity index is 706. The van der Waals surface area contributed by atoms with Crippen LogP contribution in [0.2, 0.25) is 0 Å². The van der Waals surface area contributed by atoms with Gasteiger partial charge < -0.3 is 31.8 Å². The Morgan fingerprint density at radius 1 is 1.03 bits per heavy atom. The maximum absolute atomic E-state index is 12.5. The molecule has 0 aliphatic rings. The van der Waals surface area contributed by atoms with E-state index < -0.39 is 47.9 Å². The van der Waals surface area contributed by atoms with Gasteiger partial charge in [0.25, 0.3) is 0 Å². The molecule has 0 saturated carbocycles. The van der Waals surface area contributed by atoms with Crippen LogP contribution in [0.3, 0.4) is 0 Å². The predicted molar refractivity (Wildman–Crippen MR) is 104 cm³/mol. The van der Waals surface area contributed by atoms with E-state index in [1.54, 1.807) is 6.20 Å². The highest BCUT2D eigenvalue weighted by atomic mass is 16.4. The number of nitrogens with two attached hydrogens (primary N) is 1. The Morgan fingerprint density at radius 3 is 2.17 bits per heavy atom. The molecule has 1 aromatic heterocycles. The monoisotopic (exact) mass is 410 g/mol. The largest absolute Gasteiger partial charge is 0.480 e. The number of carbonyl (C=O) groups is 4. The van der Waals surface area contributed by atoms with Crippen molar-refractivity contribution in [2.24, 2.45) is 11.7 Å². The molecule has 0 aliphatic carbocycles. The van der Waals surface area contributed by atoms with E-state index in [4.69, 9.17) is 10.8 Å². The Kier molecular flexibility index (Phi) is 9.26. The van der Waals surface area contributed by atoms with Gasteiger partial charge in [0.05, 0.1) is 12.4 Å². The zero-order chi connectivity index (χ0) is 22.1. The van der Waals surface area contributed by atoms with Crippen LogP contribution in [0.15, 0.2) is 12.5 Å². The van der Waals surface area contributed by atoms with Gasteiger partial charge >= 0.3 is 5.97 Å². The van der Waals surface area contributed by atoms with Crippen LogP contribution >= 0.6 is 0 Å². The van der Waals surface area contributed by atoms with Crippen LogP contribution in [0.25, 0.3) is 0 Å². The molecule has 0 radical (unpaired) electrons. The molecule has 162 valence electrons. The molecule has 0 fully saturated rings. The zero-order valence-electron chi connectivity index (χ0n) is 17.1. The van der Waals surface area contributed by atoms with Crippen molar-refractivity contribution in [3.8, 4) is 0 Å². The SMILES string of the molecule is CC(C)CC(NC(=O)C(C)NC(=O)C(N)Cc1cnc[nH]1)C(=O)NC(C)C(=O)O. The van der Waals surface area contributed by atoms with Crippen LogP contribution < -0.4 is 21.7 Å². The fourth-order valence-corrected chi connectivity index (χ4v) is 2.49. The van der Waals surface area contributed by atoms with Crippen molar-refractivity contribution in [1.29, 1.82) is 0 Å². The number of rotatable bonds is 11. The number of aromatic nitrogens is 2. The number of imidazole rings is 1. The van der Waals surface area contributed by atoms with Gasteiger partial charge in [0.2, 0.25) is 17.7 Å². The van der Waals surface area contributed by atoms with Gasteiger partial charge in [0.1, 0.15) is 18.1 Å². The number of carboxylic acid groups (broad SMARTS) is 1. The number of aromatic amines is 1. The lowest BCUT2D eigenvalue weighted by Crippen LogP contribution is -2.56. The molecule has 0 aliphatic heterocycles. The fraction of sp³-hybridized carbons (Fsp3) is 0.611. The smallest absolute Gasteiger partial charge is 0.325 e. The molecule has 1 rings (SSSR count). The third-order valence-electron chi connectivity index (χ3n) is 4.15. The number of nitrogens with one attached hydrogen (secondary N) is 4. The maximum atomic E-state index is 12.5. The number of carbonyl (C=O) groups excluding carboxylic acids is 3. The molecule has 4 atom stereocenters. The van der Waals surface area contributed by atoms with E-state index in [9.17, 15) is 19.2 Å². The molecule has 7 N–H and O–H groups in total. The average Bonchev–Trinajstić information content (AvgIpc) is 3.13. The molecule has 11 nitrogen and oxygen atoms in total. The van der Waals surface area contributed by atoms with Crippen molar-refractivity contribution in [3.05, 3.63) is 18.2 Å². The van der Waals surface area contributed by atoms with Gasteiger partial charge in [-0.2, -0.15) is 0 Å². The van der Waals surface area contributed by atoms with Crippen molar-refractivity contribution in [3.63, 3.8) is 0 Å². The van der Waals surface area contributed by atoms with Crippen LogP contribution in [0.1, 0.15) is 39.8 Å². The molecule has 0 aromatic carbocycles. The summed E-state index contributed by atoms with van der Waals surface area (Å²) in [4.78, 5) is 54.6. The Morgan fingerprint density at radius 2 is 1.66 bits per heavy atom. The summed E-state index contributed by atoms with van der Waals surface area (Å²) < 4.78 is 0. The third-order valence-corrected chi connectivity index (χ3v) is 4.15. The molecular weight excluding hydrogens is 380 g/mol. The summed E-state index contributed by atoms with van der Waals surface area (Å²) in [5.41, 5.74) is 6.53. The summed E-state index contributed by atoms with van der Waals surface area (Å²) in [6, 6.07) is -3.83. The van der Waals surface area contributed by atoms with Gasteiger partial charge in [0.15, 0.2) is 0 Å².